The molecular weight excluding hydrogens is 351 g/mol. The summed E-state index contributed by atoms with van der Waals surface area (Å²) in [7, 11) is 0. The molecule has 0 bridgehead atoms. The molecule has 0 aliphatic rings. The summed E-state index contributed by atoms with van der Waals surface area (Å²) in [6.07, 6.45) is 0. The van der Waals surface area contributed by atoms with Crippen molar-refractivity contribution in [3.8, 4) is 0 Å². The van der Waals surface area contributed by atoms with E-state index in [0.717, 1.165) is 4.90 Å². The molecule has 0 saturated heterocycles. The standard InChI is InChI=1S/C17H16ClFN2O2S/c1-10(17(23)21-13-5-8-16(19)15(18)9-13)24-14-6-3-12(4-7-14)20-11(2)22/h3-10H,1-2H3,(H,20,22)(H,21,23). The number of benzene rings is 2. The van der Waals surface area contributed by atoms with Gasteiger partial charge in [-0.05, 0) is 49.4 Å². The Morgan fingerprint density at radius 2 is 1.71 bits per heavy atom. The van der Waals surface area contributed by atoms with Gasteiger partial charge in [0.05, 0.1) is 10.3 Å². The van der Waals surface area contributed by atoms with E-state index in [2.05, 4.69) is 10.6 Å². The number of thioether (sulfide) groups is 1. The van der Waals surface area contributed by atoms with E-state index in [1.165, 1.54) is 36.9 Å². The minimum atomic E-state index is -0.531. The molecule has 2 rings (SSSR count). The Balaban J connectivity index is 1.95. The molecule has 126 valence electrons. The van der Waals surface area contributed by atoms with Gasteiger partial charge in [-0.1, -0.05) is 11.6 Å². The highest BCUT2D eigenvalue weighted by atomic mass is 35.5. The molecule has 4 nitrogen and oxygen atoms in total. The Labute approximate surface area is 148 Å². The lowest BCUT2D eigenvalue weighted by Crippen LogP contribution is -2.22. The molecule has 0 radical (unpaired) electrons. The first kappa shape index (κ1) is 18.3. The van der Waals surface area contributed by atoms with Gasteiger partial charge in [0.25, 0.3) is 0 Å². The van der Waals surface area contributed by atoms with Crippen molar-refractivity contribution in [3.05, 3.63) is 53.3 Å². The van der Waals surface area contributed by atoms with Crippen LogP contribution in [0.2, 0.25) is 5.02 Å². The van der Waals surface area contributed by atoms with E-state index < -0.39 is 5.82 Å². The van der Waals surface area contributed by atoms with E-state index >= 15 is 0 Å². The van der Waals surface area contributed by atoms with Crippen LogP contribution in [-0.2, 0) is 9.59 Å². The Morgan fingerprint density at radius 3 is 2.29 bits per heavy atom. The van der Waals surface area contributed by atoms with Crippen molar-refractivity contribution in [2.75, 3.05) is 10.6 Å². The summed E-state index contributed by atoms with van der Waals surface area (Å²) in [5, 5.41) is 4.98. The molecule has 2 amide bonds. The van der Waals surface area contributed by atoms with Gasteiger partial charge in [-0.3, -0.25) is 9.59 Å². The third-order valence-corrected chi connectivity index (χ3v) is 4.45. The second-order valence-electron chi connectivity index (χ2n) is 5.08. The molecule has 2 aromatic carbocycles. The van der Waals surface area contributed by atoms with Crippen molar-refractivity contribution in [2.45, 2.75) is 24.0 Å². The van der Waals surface area contributed by atoms with Crippen molar-refractivity contribution >= 4 is 46.6 Å². The topological polar surface area (TPSA) is 58.2 Å². The van der Waals surface area contributed by atoms with Gasteiger partial charge in [0, 0.05) is 23.2 Å². The molecule has 2 N–H and O–H groups in total. The predicted molar refractivity (Wildman–Crippen MR) is 96.1 cm³/mol. The number of amides is 2. The second-order valence-corrected chi connectivity index (χ2v) is 6.91. The quantitative estimate of drug-likeness (QED) is 0.763. The lowest BCUT2D eigenvalue weighted by molar-refractivity contribution is -0.115. The first-order valence-corrected chi connectivity index (χ1v) is 8.41. The number of hydrogen-bond donors (Lipinski definition) is 2. The van der Waals surface area contributed by atoms with Gasteiger partial charge in [-0.25, -0.2) is 4.39 Å². The normalized spacial score (nSPS) is 11.7. The zero-order valence-electron chi connectivity index (χ0n) is 13.1. The second kappa shape index (κ2) is 8.17. The molecule has 0 fully saturated rings. The van der Waals surface area contributed by atoms with E-state index in [0.29, 0.717) is 11.4 Å². The molecule has 0 aliphatic carbocycles. The lowest BCUT2D eigenvalue weighted by Gasteiger charge is -2.13. The minimum absolute atomic E-state index is 0.0401. The van der Waals surface area contributed by atoms with Crippen LogP contribution in [0.1, 0.15) is 13.8 Å². The molecule has 0 spiro atoms. The number of halogens is 2. The van der Waals surface area contributed by atoms with Crippen LogP contribution < -0.4 is 10.6 Å². The zero-order valence-corrected chi connectivity index (χ0v) is 14.7. The van der Waals surface area contributed by atoms with E-state index in [9.17, 15) is 14.0 Å². The smallest absolute Gasteiger partial charge is 0.237 e. The van der Waals surface area contributed by atoms with Gasteiger partial charge in [0.2, 0.25) is 11.8 Å². The SMILES string of the molecule is CC(=O)Nc1ccc(SC(C)C(=O)Nc2ccc(F)c(Cl)c2)cc1. The fourth-order valence-electron chi connectivity index (χ4n) is 1.90. The van der Waals surface area contributed by atoms with Crippen molar-refractivity contribution in [1.29, 1.82) is 0 Å². The Morgan fingerprint density at radius 1 is 1.08 bits per heavy atom. The number of rotatable bonds is 5. The van der Waals surface area contributed by atoms with Crippen molar-refractivity contribution in [2.24, 2.45) is 0 Å². The van der Waals surface area contributed by atoms with Crippen LogP contribution in [0.3, 0.4) is 0 Å². The number of nitrogens with one attached hydrogen (secondary N) is 2. The van der Waals surface area contributed by atoms with Crippen LogP contribution in [0, 0.1) is 5.82 Å². The summed E-state index contributed by atoms with van der Waals surface area (Å²) in [6, 6.07) is 11.2. The molecule has 0 heterocycles. The van der Waals surface area contributed by atoms with Crippen LogP contribution in [0.4, 0.5) is 15.8 Å². The van der Waals surface area contributed by atoms with Crippen LogP contribution in [0.5, 0.6) is 0 Å². The van der Waals surface area contributed by atoms with Gasteiger partial charge in [-0.15, -0.1) is 11.8 Å². The summed E-state index contributed by atoms with van der Waals surface area (Å²) < 4.78 is 13.1. The molecule has 0 aromatic heterocycles. The maximum absolute atomic E-state index is 13.1. The van der Waals surface area contributed by atoms with Gasteiger partial charge < -0.3 is 10.6 Å². The molecule has 0 aliphatic heterocycles. The highest BCUT2D eigenvalue weighted by Crippen LogP contribution is 2.26. The monoisotopic (exact) mass is 366 g/mol. The molecular formula is C17H16ClFN2O2S. The van der Waals surface area contributed by atoms with Crippen LogP contribution >= 0.6 is 23.4 Å². The van der Waals surface area contributed by atoms with E-state index in [4.69, 9.17) is 11.6 Å². The lowest BCUT2D eigenvalue weighted by atomic mass is 10.3. The summed E-state index contributed by atoms with van der Waals surface area (Å²) in [5.74, 6) is -0.883. The average Bonchev–Trinajstić information content (AvgIpc) is 2.52. The van der Waals surface area contributed by atoms with Gasteiger partial charge in [0.1, 0.15) is 5.82 Å². The summed E-state index contributed by atoms with van der Waals surface area (Å²) >= 11 is 7.07. The maximum atomic E-state index is 13.1. The third kappa shape index (κ3) is 5.25. The van der Waals surface area contributed by atoms with E-state index in [1.54, 1.807) is 19.1 Å². The summed E-state index contributed by atoms with van der Waals surface area (Å²) in [4.78, 5) is 24.1. The summed E-state index contributed by atoms with van der Waals surface area (Å²) in [6.45, 7) is 3.21. The van der Waals surface area contributed by atoms with Crippen LogP contribution in [0.25, 0.3) is 0 Å². The maximum Gasteiger partial charge on any atom is 0.237 e. The molecule has 1 unspecified atom stereocenters. The molecule has 7 heteroatoms. The number of carbonyl (C=O) groups is 2. The molecule has 2 aromatic rings. The first-order valence-electron chi connectivity index (χ1n) is 7.15. The highest BCUT2D eigenvalue weighted by molar-refractivity contribution is 8.00. The number of carbonyl (C=O) groups excluding carboxylic acids is 2. The van der Waals surface area contributed by atoms with Crippen LogP contribution in [0.15, 0.2) is 47.4 Å². The van der Waals surface area contributed by atoms with E-state index in [-0.39, 0.29) is 22.1 Å². The highest BCUT2D eigenvalue weighted by Gasteiger charge is 2.15. The van der Waals surface area contributed by atoms with Crippen molar-refractivity contribution in [1.82, 2.24) is 0 Å². The van der Waals surface area contributed by atoms with Gasteiger partial charge in [-0.2, -0.15) is 0 Å². The van der Waals surface area contributed by atoms with Crippen LogP contribution in [-0.4, -0.2) is 17.1 Å². The number of anilines is 2. The van der Waals surface area contributed by atoms with Gasteiger partial charge >= 0.3 is 0 Å². The summed E-state index contributed by atoms with van der Waals surface area (Å²) in [5.41, 5.74) is 1.14. The Hall–Kier alpha value is -2.05. The minimum Gasteiger partial charge on any atom is -0.326 e. The molecule has 24 heavy (non-hydrogen) atoms. The first-order chi connectivity index (χ1) is 11.3. The van der Waals surface area contributed by atoms with E-state index in [1.807, 2.05) is 12.1 Å². The van der Waals surface area contributed by atoms with Gasteiger partial charge in [0.15, 0.2) is 0 Å². The molecule has 1 atom stereocenters. The fraction of sp³-hybridized carbons (Fsp3) is 0.176. The predicted octanol–water partition coefficient (Wildman–Crippen LogP) is 4.56. The Kier molecular flexibility index (Phi) is 6.23. The number of hydrogen-bond acceptors (Lipinski definition) is 3. The molecule has 0 saturated carbocycles. The average molecular weight is 367 g/mol. The third-order valence-electron chi connectivity index (χ3n) is 3.04. The Bertz CT molecular complexity index is 753. The van der Waals surface area contributed by atoms with Crippen molar-refractivity contribution in [3.63, 3.8) is 0 Å². The zero-order chi connectivity index (χ0) is 17.7. The largest absolute Gasteiger partial charge is 0.326 e. The van der Waals surface area contributed by atoms with Crippen molar-refractivity contribution < 1.29 is 14.0 Å². The fourth-order valence-corrected chi connectivity index (χ4v) is 2.94.